The van der Waals surface area contributed by atoms with Crippen LogP contribution in [0.3, 0.4) is 0 Å². The van der Waals surface area contributed by atoms with Crippen molar-refractivity contribution in [3.8, 4) is 0 Å². The maximum atomic E-state index is 6.85. The van der Waals surface area contributed by atoms with Crippen molar-refractivity contribution in [2.45, 2.75) is 33.9 Å². The minimum atomic E-state index is 0.854. The number of benzene rings is 11. The van der Waals surface area contributed by atoms with E-state index in [-0.39, 0.29) is 0 Å². The molecule has 15 aromatic rings. The predicted octanol–water partition coefficient (Wildman–Crippen LogP) is 19.3. The van der Waals surface area contributed by atoms with Gasteiger partial charge in [-0.25, -0.2) is 0 Å². The van der Waals surface area contributed by atoms with Crippen LogP contribution in [0.5, 0.6) is 0 Å². The Morgan fingerprint density at radius 3 is 1.16 bits per heavy atom. The zero-order valence-corrected chi connectivity index (χ0v) is 40.7. The van der Waals surface area contributed by atoms with Crippen LogP contribution in [-0.2, 0) is 13.1 Å². The van der Waals surface area contributed by atoms with E-state index in [0.29, 0.717) is 0 Å². The summed E-state index contributed by atoms with van der Waals surface area (Å²) >= 11 is 0. The Morgan fingerprint density at radius 1 is 0.315 bits per heavy atom. The highest BCUT2D eigenvalue weighted by Crippen LogP contribution is 2.45. The van der Waals surface area contributed by atoms with E-state index in [1.54, 1.807) is 0 Å². The van der Waals surface area contributed by atoms with Crippen molar-refractivity contribution in [2.24, 2.45) is 0 Å². The average molecular weight is 941 g/mol. The minimum absolute atomic E-state index is 0.854. The van der Waals surface area contributed by atoms with E-state index >= 15 is 0 Å². The zero-order valence-electron chi connectivity index (χ0n) is 40.7. The fourth-order valence-corrected chi connectivity index (χ4v) is 12.2. The van der Waals surface area contributed by atoms with Gasteiger partial charge in [-0.2, -0.15) is 0 Å². The topological polar surface area (TPSA) is 42.6 Å². The van der Waals surface area contributed by atoms with Gasteiger partial charge in [0.25, 0.3) is 0 Å². The third kappa shape index (κ3) is 6.23. The molecule has 0 unspecified atom stereocenters. The van der Waals surface area contributed by atoms with Crippen LogP contribution in [-0.4, -0.2) is 9.13 Å². The van der Waals surface area contributed by atoms with Crippen molar-refractivity contribution in [2.75, 3.05) is 9.80 Å². The van der Waals surface area contributed by atoms with E-state index in [0.717, 1.165) is 118 Å². The van der Waals surface area contributed by atoms with Gasteiger partial charge in [0.15, 0.2) is 0 Å². The maximum Gasteiger partial charge on any atom is 0.142 e. The molecular formula is C67H48N4O2. The molecule has 0 aliphatic heterocycles. The Kier molecular flexibility index (Phi) is 9.03. The lowest BCUT2D eigenvalue weighted by atomic mass is 10.0. The summed E-state index contributed by atoms with van der Waals surface area (Å²) in [4.78, 5) is 4.72. The van der Waals surface area contributed by atoms with E-state index in [9.17, 15) is 0 Å². The van der Waals surface area contributed by atoms with E-state index in [1.165, 1.54) is 43.6 Å². The monoisotopic (exact) mass is 940 g/mol. The van der Waals surface area contributed by atoms with E-state index in [1.807, 2.05) is 0 Å². The van der Waals surface area contributed by atoms with Gasteiger partial charge >= 0.3 is 0 Å². The van der Waals surface area contributed by atoms with Crippen molar-refractivity contribution in [1.82, 2.24) is 9.13 Å². The third-order valence-corrected chi connectivity index (χ3v) is 15.5. The molecule has 0 saturated carbocycles. The second kappa shape index (κ2) is 15.9. The molecule has 0 aliphatic rings. The lowest BCUT2D eigenvalue weighted by molar-refractivity contribution is 0.651. The number of aromatic nitrogens is 2. The molecule has 15 rings (SSSR count). The number of nitrogens with zero attached hydrogens (tertiary/aromatic N) is 4. The van der Waals surface area contributed by atoms with Crippen LogP contribution >= 0.6 is 0 Å². The number of aryl methyl sites for hydroxylation is 3. The molecule has 0 amide bonds. The minimum Gasteiger partial charge on any atom is -0.456 e. The summed E-state index contributed by atoms with van der Waals surface area (Å²) in [6.07, 6.45) is 0. The Bertz CT molecular complexity index is 4430. The van der Waals surface area contributed by atoms with Crippen LogP contribution in [0.4, 0.5) is 34.1 Å². The lowest BCUT2D eigenvalue weighted by Crippen LogP contribution is -2.09. The van der Waals surface area contributed by atoms with E-state index < -0.39 is 0 Å². The van der Waals surface area contributed by atoms with Gasteiger partial charge in [-0.15, -0.1) is 0 Å². The van der Waals surface area contributed by atoms with Crippen LogP contribution in [0.1, 0.15) is 19.4 Å². The predicted molar refractivity (Wildman–Crippen MR) is 307 cm³/mol. The second-order valence-electron chi connectivity index (χ2n) is 19.5. The first-order valence-corrected chi connectivity index (χ1v) is 25.4. The summed E-state index contributed by atoms with van der Waals surface area (Å²) in [6, 6.07) is 77.4. The Labute approximate surface area is 420 Å². The number of fused-ring (bicyclic) bond motifs is 14. The first-order valence-electron chi connectivity index (χ1n) is 25.4. The van der Waals surface area contributed by atoms with Crippen molar-refractivity contribution in [3.63, 3.8) is 0 Å². The smallest absolute Gasteiger partial charge is 0.142 e. The number of furan rings is 2. The maximum absolute atomic E-state index is 6.85. The van der Waals surface area contributed by atoms with E-state index in [4.69, 9.17) is 8.83 Å². The molecule has 6 nitrogen and oxygen atoms in total. The molecule has 348 valence electrons. The number of rotatable bonds is 8. The number of hydrogen-bond acceptors (Lipinski definition) is 4. The molecule has 0 bridgehead atoms. The van der Waals surface area contributed by atoms with Gasteiger partial charge < -0.3 is 27.8 Å². The van der Waals surface area contributed by atoms with Crippen LogP contribution in [0.2, 0.25) is 0 Å². The largest absolute Gasteiger partial charge is 0.456 e. The van der Waals surface area contributed by atoms with Crippen LogP contribution < -0.4 is 9.80 Å². The van der Waals surface area contributed by atoms with Crippen molar-refractivity contribution in [1.29, 1.82) is 0 Å². The van der Waals surface area contributed by atoms with Gasteiger partial charge in [-0.3, -0.25) is 0 Å². The molecule has 0 aliphatic carbocycles. The Balaban J connectivity index is 0.829. The molecule has 0 spiro atoms. The molecule has 73 heavy (non-hydrogen) atoms. The van der Waals surface area contributed by atoms with Crippen LogP contribution in [0, 0.1) is 6.92 Å². The van der Waals surface area contributed by atoms with E-state index in [2.05, 4.69) is 252 Å². The first-order chi connectivity index (χ1) is 36.0. The molecule has 0 radical (unpaired) electrons. The molecule has 0 N–H and O–H groups in total. The molecule has 0 atom stereocenters. The molecule has 0 fully saturated rings. The van der Waals surface area contributed by atoms with Crippen molar-refractivity contribution < 1.29 is 8.83 Å². The first kappa shape index (κ1) is 41.5. The highest BCUT2D eigenvalue weighted by Gasteiger charge is 2.22. The normalized spacial score (nSPS) is 12.2. The summed E-state index contributed by atoms with van der Waals surface area (Å²) in [5.41, 5.74) is 16.0. The molecule has 0 saturated heterocycles. The van der Waals surface area contributed by atoms with Gasteiger partial charge in [-0.1, -0.05) is 84.9 Å². The molecular weight excluding hydrogens is 893 g/mol. The summed E-state index contributed by atoms with van der Waals surface area (Å²) in [5.74, 6) is 0. The average Bonchev–Trinajstić information content (AvgIpc) is 4.18. The van der Waals surface area contributed by atoms with Gasteiger partial charge in [-0.05, 0) is 170 Å². The molecule has 4 heterocycles. The fourth-order valence-electron chi connectivity index (χ4n) is 12.2. The highest BCUT2D eigenvalue weighted by atomic mass is 16.3. The number of hydrogen-bond donors (Lipinski definition) is 0. The second-order valence-corrected chi connectivity index (χ2v) is 19.5. The lowest BCUT2D eigenvalue weighted by Gasteiger charge is -2.26. The van der Waals surface area contributed by atoms with Gasteiger partial charge in [0.05, 0.1) is 0 Å². The summed E-state index contributed by atoms with van der Waals surface area (Å²) in [5, 5.41) is 13.9. The Morgan fingerprint density at radius 2 is 0.712 bits per heavy atom. The van der Waals surface area contributed by atoms with Gasteiger partial charge in [0.2, 0.25) is 0 Å². The quantitative estimate of drug-likeness (QED) is 0.152. The number of para-hydroxylation sites is 4. The Hall–Kier alpha value is -9.26. The van der Waals surface area contributed by atoms with Crippen LogP contribution in [0.25, 0.3) is 109 Å². The SMILES string of the molecule is CCn1c2ccccc2c2cc(N(c3ccccc3)c3ccc4cc5c(cc4c3)oc3c(C)c4oc6cc7cc(N(c8ccccc8)c8ccc9c(c8)c8ccccc8n9CC)ccc7cc6c4cc35)ccc21. The third-order valence-electron chi connectivity index (χ3n) is 15.5. The van der Waals surface area contributed by atoms with Crippen LogP contribution in [0.15, 0.2) is 221 Å². The standard InChI is InChI=1S/C67H48N4O2/c1-4-68-60-22-14-12-20-52(60)54-38-50(28-30-62(54)68)70(46-16-8-6-9-17-46)48-26-24-42-34-56-58-40-59-57-35-43-25-27-49(33-45(43)37-65(57)73-67(59)41(3)66(58)72-64(56)36-44(42)32-48)71(47-18-10-7-11-19-47)51-29-31-63-55(39-51)53-21-13-15-23-61(53)69(63)5-2/h6-40H,4-5H2,1-3H3. The van der Waals surface area contributed by atoms with Gasteiger partial charge in [0.1, 0.15) is 22.3 Å². The van der Waals surface area contributed by atoms with Crippen molar-refractivity contribution >= 4 is 143 Å². The summed E-state index contributed by atoms with van der Waals surface area (Å²) < 4.78 is 18.5. The molecule has 6 heteroatoms. The zero-order chi connectivity index (χ0) is 48.5. The van der Waals surface area contributed by atoms with Gasteiger partial charge in [0, 0.05) is 118 Å². The van der Waals surface area contributed by atoms with Crippen molar-refractivity contribution in [3.05, 3.63) is 218 Å². The molecule has 4 aromatic heterocycles. The molecule has 11 aromatic carbocycles. The summed E-state index contributed by atoms with van der Waals surface area (Å²) in [6.45, 7) is 8.39. The highest BCUT2D eigenvalue weighted by molar-refractivity contribution is 6.20. The number of anilines is 6. The fraction of sp³-hybridized carbons (Fsp3) is 0.0746. The summed E-state index contributed by atoms with van der Waals surface area (Å²) in [7, 11) is 0.